The molecule has 0 radical (unpaired) electrons. The lowest BCUT2D eigenvalue weighted by Crippen LogP contribution is -2.52. The van der Waals surface area contributed by atoms with Crippen LogP contribution < -0.4 is 11.1 Å². The standard InChI is InChI=1S/C18H28N4O5.C2H6/c1-2-4-13(17(19)25)20-18(26)14-5-3-8-22(14)16(24)7-6-15(23)21-9-11-27-12-10-21;1-2/h2,13-14H,1,3-12H2,(H2,19,25)(H,20,26);1-2H3/t13?,14-;/m0./s1. The summed E-state index contributed by atoms with van der Waals surface area (Å²) in [5.74, 6) is -1.35. The van der Waals surface area contributed by atoms with E-state index in [2.05, 4.69) is 11.9 Å². The van der Waals surface area contributed by atoms with Gasteiger partial charge in [0, 0.05) is 32.5 Å². The van der Waals surface area contributed by atoms with Crippen LogP contribution in [0.5, 0.6) is 0 Å². The molecular weight excluding hydrogens is 376 g/mol. The van der Waals surface area contributed by atoms with E-state index in [1.807, 2.05) is 13.8 Å². The number of hydrogen-bond acceptors (Lipinski definition) is 5. The number of carbonyl (C=O) groups excluding carboxylic acids is 4. The molecule has 2 aliphatic heterocycles. The minimum Gasteiger partial charge on any atom is -0.378 e. The molecule has 2 aliphatic rings. The van der Waals surface area contributed by atoms with Gasteiger partial charge in [0.05, 0.1) is 13.2 Å². The largest absolute Gasteiger partial charge is 0.378 e. The third-order valence-corrected chi connectivity index (χ3v) is 4.85. The molecule has 2 heterocycles. The summed E-state index contributed by atoms with van der Waals surface area (Å²) in [5.41, 5.74) is 5.28. The first-order valence-corrected chi connectivity index (χ1v) is 10.3. The van der Waals surface area contributed by atoms with Crippen LogP contribution >= 0.6 is 0 Å². The highest BCUT2D eigenvalue weighted by atomic mass is 16.5. The summed E-state index contributed by atoms with van der Waals surface area (Å²) in [4.78, 5) is 51.8. The van der Waals surface area contributed by atoms with Crippen molar-refractivity contribution < 1.29 is 23.9 Å². The highest BCUT2D eigenvalue weighted by Crippen LogP contribution is 2.19. The molecule has 0 aromatic rings. The third-order valence-electron chi connectivity index (χ3n) is 4.85. The quantitative estimate of drug-likeness (QED) is 0.553. The van der Waals surface area contributed by atoms with Gasteiger partial charge in [-0.25, -0.2) is 0 Å². The Morgan fingerprint density at radius 2 is 1.76 bits per heavy atom. The maximum absolute atomic E-state index is 12.5. The second-order valence-electron chi connectivity index (χ2n) is 6.73. The molecule has 9 nitrogen and oxygen atoms in total. The minimum atomic E-state index is -0.838. The van der Waals surface area contributed by atoms with E-state index in [9.17, 15) is 19.2 Å². The van der Waals surface area contributed by atoms with Crippen LogP contribution in [0.3, 0.4) is 0 Å². The Labute approximate surface area is 172 Å². The zero-order valence-corrected chi connectivity index (χ0v) is 17.5. The van der Waals surface area contributed by atoms with Crippen molar-refractivity contribution in [3.05, 3.63) is 12.7 Å². The number of primary amides is 1. The number of amides is 4. The lowest BCUT2D eigenvalue weighted by atomic mass is 10.1. The first kappa shape index (κ1) is 24.6. The van der Waals surface area contributed by atoms with Gasteiger partial charge in [0.2, 0.25) is 23.6 Å². The van der Waals surface area contributed by atoms with Crippen molar-refractivity contribution in [2.75, 3.05) is 32.8 Å². The van der Waals surface area contributed by atoms with Crippen LogP contribution in [0.1, 0.15) is 46.0 Å². The van der Waals surface area contributed by atoms with Crippen LogP contribution in [-0.4, -0.2) is 78.4 Å². The predicted molar refractivity (Wildman–Crippen MR) is 109 cm³/mol. The van der Waals surface area contributed by atoms with Crippen LogP contribution in [0.25, 0.3) is 0 Å². The van der Waals surface area contributed by atoms with E-state index in [1.165, 1.54) is 11.0 Å². The van der Waals surface area contributed by atoms with E-state index < -0.39 is 23.9 Å². The van der Waals surface area contributed by atoms with Crippen molar-refractivity contribution in [1.82, 2.24) is 15.1 Å². The number of rotatable bonds is 8. The summed E-state index contributed by atoms with van der Waals surface area (Å²) in [6.45, 7) is 10.1. The van der Waals surface area contributed by atoms with E-state index >= 15 is 0 Å². The van der Waals surface area contributed by atoms with Crippen molar-refractivity contribution in [3.63, 3.8) is 0 Å². The van der Waals surface area contributed by atoms with Gasteiger partial charge in [-0.15, -0.1) is 6.58 Å². The second kappa shape index (κ2) is 12.9. The van der Waals surface area contributed by atoms with Gasteiger partial charge in [-0.2, -0.15) is 0 Å². The molecule has 2 fully saturated rings. The highest BCUT2D eigenvalue weighted by molar-refractivity contribution is 5.92. The number of nitrogens with one attached hydrogen (secondary N) is 1. The van der Waals surface area contributed by atoms with E-state index in [1.54, 1.807) is 4.90 Å². The fraction of sp³-hybridized carbons (Fsp3) is 0.700. The van der Waals surface area contributed by atoms with E-state index in [0.717, 1.165) is 0 Å². The highest BCUT2D eigenvalue weighted by Gasteiger charge is 2.35. The molecule has 2 atom stereocenters. The first-order valence-electron chi connectivity index (χ1n) is 10.3. The number of morpholine rings is 1. The molecule has 0 aromatic carbocycles. The van der Waals surface area contributed by atoms with Crippen molar-refractivity contribution in [2.24, 2.45) is 5.73 Å². The van der Waals surface area contributed by atoms with Crippen LogP contribution in [-0.2, 0) is 23.9 Å². The van der Waals surface area contributed by atoms with Gasteiger partial charge in [-0.3, -0.25) is 19.2 Å². The number of nitrogens with zero attached hydrogens (tertiary/aromatic N) is 2. The van der Waals surface area contributed by atoms with Gasteiger partial charge in [0.25, 0.3) is 0 Å². The minimum absolute atomic E-state index is 0.0614. The molecule has 0 spiro atoms. The molecule has 0 aliphatic carbocycles. The van der Waals surface area contributed by atoms with Crippen LogP contribution in [0, 0.1) is 0 Å². The smallest absolute Gasteiger partial charge is 0.243 e. The number of hydrogen-bond donors (Lipinski definition) is 2. The Kier molecular flexibility index (Phi) is 11.0. The zero-order valence-electron chi connectivity index (χ0n) is 17.5. The normalized spacial score (nSPS) is 19.6. The first-order chi connectivity index (χ1) is 13.9. The molecule has 9 heteroatoms. The summed E-state index contributed by atoms with van der Waals surface area (Å²) in [6.07, 6.45) is 3.13. The average Bonchev–Trinajstić information content (AvgIpc) is 3.23. The molecule has 2 rings (SSSR count). The van der Waals surface area contributed by atoms with Crippen molar-refractivity contribution in [1.29, 1.82) is 0 Å². The van der Waals surface area contributed by atoms with E-state index in [0.29, 0.717) is 45.7 Å². The lowest BCUT2D eigenvalue weighted by molar-refractivity contribution is -0.142. The molecule has 164 valence electrons. The van der Waals surface area contributed by atoms with Crippen molar-refractivity contribution >= 4 is 23.6 Å². The van der Waals surface area contributed by atoms with E-state index in [4.69, 9.17) is 10.5 Å². The predicted octanol–water partition coefficient (Wildman–Crippen LogP) is 0.189. The molecule has 29 heavy (non-hydrogen) atoms. The Bertz CT molecular complexity index is 589. The monoisotopic (exact) mass is 410 g/mol. The SMILES string of the molecule is C=CCC(NC(=O)[C@@H]1CCCN1C(=O)CCC(=O)N1CCOCC1)C(N)=O.CC. The van der Waals surface area contributed by atoms with Gasteiger partial charge < -0.3 is 25.6 Å². The molecule has 4 amide bonds. The number of ether oxygens (including phenoxy) is 1. The summed E-state index contributed by atoms with van der Waals surface area (Å²) < 4.78 is 5.21. The van der Waals surface area contributed by atoms with Crippen LogP contribution in [0.15, 0.2) is 12.7 Å². The van der Waals surface area contributed by atoms with Crippen LogP contribution in [0.2, 0.25) is 0 Å². The van der Waals surface area contributed by atoms with Gasteiger partial charge in [-0.1, -0.05) is 19.9 Å². The summed E-state index contributed by atoms with van der Waals surface area (Å²) in [6, 6.07) is -1.47. The molecule has 2 saturated heterocycles. The second-order valence-corrected chi connectivity index (χ2v) is 6.73. The maximum Gasteiger partial charge on any atom is 0.243 e. The van der Waals surface area contributed by atoms with Gasteiger partial charge in [-0.05, 0) is 19.3 Å². The molecular formula is C20H34N4O5. The molecule has 3 N–H and O–H groups in total. The summed E-state index contributed by atoms with van der Waals surface area (Å²) >= 11 is 0. The maximum atomic E-state index is 12.5. The number of carbonyl (C=O) groups is 4. The summed E-state index contributed by atoms with van der Waals surface area (Å²) in [5, 5.41) is 2.59. The number of likely N-dealkylation sites (tertiary alicyclic amines) is 1. The number of nitrogens with two attached hydrogens (primary N) is 1. The van der Waals surface area contributed by atoms with Gasteiger partial charge in [0.15, 0.2) is 0 Å². The van der Waals surface area contributed by atoms with Gasteiger partial charge in [0.1, 0.15) is 12.1 Å². The zero-order chi connectivity index (χ0) is 21.8. The van der Waals surface area contributed by atoms with Crippen LogP contribution in [0.4, 0.5) is 0 Å². The Morgan fingerprint density at radius 3 is 2.34 bits per heavy atom. The van der Waals surface area contributed by atoms with E-state index in [-0.39, 0.29) is 31.1 Å². The average molecular weight is 411 g/mol. The topological polar surface area (TPSA) is 122 Å². The Hall–Kier alpha value is -2.42. The van der Waals surface area contributed by atoms with Crippen molar-refractivity contribution in [2.45, 2.75) is 58.0 Å². The lowest BCUT2D eigenvalue weighted by Gasteiger charge is -2.28. The Morgan fingerprint density at radius 1 is 1.14 bits per heavy atom. The molecule has 0 bridgehead atoms. The molecule has 0 aromatic heterocycles. The molecule has 0 saturated carbocycles. The van der Waals surface area contributed by atoms with Crippen molar-refractivity contribution in [3.8, 4) is 0 Å². The van der Waals surface area contributed by atoms with Gasteiger partial charge >= 0.3 is 0 Å². The molecule has 1 unspecified atom stereocenters. The fourth-order valence-electron chi connectivity index (χ4n) is 3.35. The fourth-order valence-corrected chi connectivity index (χ4v) is 3.35. The Balaban J connectivity index is 0.00000204. The summed E-state index contributed by atoms with van der Waals surface area (Å²) in [7, 11) is 0. The third kappa shape index (κ3) is 7.49.